The Kier molecular flexibility index (Phi) is 15.9. The van der Waals surface area contributed by atoms with Crippen molar-refractivity contribution in [1.82, 2.24) is 24.7 Å². The summed E-state index contributed by atoms with van der Waals surface area (Å²) in [6.45, 7) is 25.8. The van der Waals surface area contributed by atoms with Gasteiger partial charge in [-0.15, -0.1) is 55.9 Å². The Hall–Kier alpha value is -3.08. The molecule has 2 aromatic heterocycles. The van der Waals surface area contributed by atoms with Gasteiger partial charge in [-0.2, -0.15) is 9.90 Å². The number of hydrogen-bond donors (Lipinski definition) is 1. The highest BCUT2D eigenvalue weighted by Crippen LogP contribution is 2.31. The number of rotatable bonds is 7. The van der Waals surface area contributed by atoms with E-state index in [0.29, 0.717) is 0 Å². The normalized spacial score (nSPS) is 12.0. The summed E-state index contributed by atoms with van der Waals surface area (Å²) in [6, 6.07) is 8.07. The van der Waals surface area contributed by atoms with Crippen molar-refractivity contribution in [1.29, 1.82) is 0 Å². The number of thiazole rings is 1. The summed E-state index contributed by atoms with van der Waals surface area (Å²) in [5.41, 5.74) is 2.68. The number of benzene rings is 1. The fraction of sp³-hybridized carbons (Fsp3) is 0.370. The van der Waals surface area contributed by atoms with Crippen LogP contribution in [-0.4, -0.2) is 46.8 Å². The Balaban J connectivity index is 0.000000682. The van der Waals surface area contributed by atoms with Gasteiger partial charge in [0.2, 0.25) is 10.0 Å². The average molecular weight is 548 g/mol. The molecule has 1 aliphatic rings. The first kappa shape index (κ1) is 33.9. The Morgan fingerprint density at radius 1 is 0.973 bits per heavy atom. The monoisotopic (exact) mass is 547 g/mol. The SMILES string of the molecule is C=C.C=C.C=C.CC(C)NS(=O)(=O)C1CC1.COc1ccc(-c2nn(C(C)C)nc2-c2nccs2)cc1. The van der Waals surface area contributed by atoms with Crippen LogP contribution in [0.25, 0.3) is 22.0 Å². The van der Waals surface area contributed by atoms with Crippen molar-refractivity contribution < 1.29 is 13.2 Å². The van der Waals surface area contributed by atoms with Crippen LogP contribution in [0.3, 0.4) is 0 Å². The lowest BCUT2D eigenvalue weighted by atomic mass is 10.1. The Morgan fingerprint density at radius 2 is 1.51 bits per heavy atom. The van der Waals surface area contributed by atoms with Gasteiger partial charge in [-0.1, -0.05) is 0 Å². The van der Waals surface area contributed by atoms with Gasteiger partial charge in [-0.05, 0) is 64.8 Å². The lowest BCUT2D eigenvalue weighted by molar-refractivity contribution is 0.415. The van der Waals surface area contributed by atoms with E-state index in [1.54, 1.807) is 29.4 Å². The molecule has 0 saturated heterocycles. The van der Waals surface area contributed by atoms with Gasteiger partial charge in [0.05, 0.1) is 18.4 Å². The zero-order chi connectivity index (χ0) is 28.6. The number of aromatic nitrogens is 4. The predicted molar refractivity (Wildman–Crippen MR) is 157 cm³/mol. The van der Waals surface area contributed by atoms with Crippen molar-refractivity contribution in [3.05, 3.63) is 75.3 Å². The minimum atomic E-state index is -2.94. The minimum absolute atomic E-state index is 0.0330. The van der Waals surface area contributed by atoms with Crippen LogP contribution in [-0.2, 0) is 10.0 Å². The van der Waals surface area contributed by atoms with Crippen molar-refractivity contribution in [2.24, 2.45) is 0 Å². The molecule has 1 aliphatic carbocycles. The molecule has 2 heterocycles. The van der Waals surface area contributed by atoms with Gasteiger partial charge in [-0.3, -0.25) is 0 Å². The standard InChI is InChI=1S/C15H16N4OS.C6H13NO2S.3C2H4/c1-10(2)19-17-13(11-4-6-12(20-3)7-5-11)14(18-19)15-16-8-9-21-15;1-5(2)7-10(8,9)6-3-4-6;3*1-2/h4-10H,1-3H3;5-7H,3-4H2,1-2H3;3*1-2H2. The number of nitrogens with zero attached hydrogens (tertiary/aromatic N) is 4. The van der Waals surface area contributed by atoms with Gasteiger partial charge >= 0.3 is 0 Å². The first-order valence-corrected chi connectivity index (χ1v) is 14.2. The molecule has 0 atom stereocenters. The maximum Gasteiger partial charge on any atom is 0.214 e. The van der Waals surface area contributed by atoms with Crippen molar-refractivity contribution in [2.45, 2.75) is 57.9 Å². The smallest absolute Gasteiger partial charge is 0.214 e. The minimum Gasteiger partial charge on any atom is -0.497 e. The lowest BCUT2D eigenvalue weighted by Crippen LogP contribution is -2.32. The van der Waals surface area contributed by atoms with Crippen LogP contribution >= 0.6 is 11.3 Å². The number of nitrogens with one attached hydrogen (secondary N) is 1. The topological polar surface area (TPSA) is 99.0 Å². The Labute approximate surface area is 226 Å². The fourth-order valence-corrected chi connectivity index (χ4v) is 5.01. The van der Waals surface area contributed by atoms with Crippen molar-refractivity contribution in [3.8, 4) is 27.7 Å². The first-order valence-electron chi connectivity index (χ1n) is 11.7. The van der Waals surface area contributed by atoms with E-state index < -0.39 is 10.0 Å². The molecule has 204 valence electrons. The molecular weight excluding hydrogens is 506 g/mol. The van der Waals surface area contributed by atoms with E-state index in [4.69, 9.17) is 4.74 Å². The zero-order valence-electron chi connectivity index (χ0n) is 22.7. The quantitative estimate of drug-likeness (QED) is 0.337. The van der Waals surface area contributed by atoms with Gasteiger partial charge < -0.3 is 4.74 Å². The van der Waals surface area contributed by atoms with Crippen LogP contribution in [0.15, 0.2) is 75.3 Å². The molecule has 10 heteroatoms. The van der Waals surface area contributed by atoms with Gasteiger partial charge in [0.25, 0.3) is 0 Å². The van der Waals surface area contributed by atoms with Crippen LogP contribution in [0, 0.1) is 0 Å². The summed E-state index contributed by atoms with van der Waals surface area (Å²) in [7, 11) is -1.28. The molecule has 0 radical (unpaired) electrons. The molecular formula is C27H41N5O3S2. The summed E-state index contributed by atoms with van der Waals surface area (Å²) in [5.74, 6) is 0.825. The summed E-state index contributed by atoms with van der Waals surface area (Å²) in [6.07, 6.45) is 3.45. The van der Waals surface area contributed by atoms with Crippen LogP contribution < -0.4 is 9.46 Å². The molecule has 37 heavy (non-hydrogen) atoms. The van der Waals surface area contributed by atoms with E-state index in [1.165, 1.54) is 0 Å². The van der Waals surface area contributed by atoms with Crippen LogP contribution in [0.1, 0.15) is 46.6 Å². The van der Waals surface area contributed by atoms with Crippen LogP contribution in [0.5, 0.6) is 5.75 Å². The van der Waals surface area contributed by atoms with E-state index in [0.717, 1.165) is 40.6 Å². The number of methoxy groups -OCH3 is 1. The summed E-state index contributed by atoms with van der Waals surface area (Å²) in [5, 5.41) is 12.0. The van der Waals surface area contributed by atoms with Gasteiger partial charge in [-0.25, -0.2) is 18.1 Å². The van der Waals surface area contributed by atoms with Crippen molar-refractivity contribution >= 4 is 21.4 Å². The molecule has 0 unspecified atom stereocenters. The van der Waals surface area contributed by atoms with Crippen molar-refractivity contribution in [2.75, 3.05) is 7.11 Å². The highest BCUT2D eigenvalue weighted by molar-refractivity contribution is 7.90. The molecule has 0 spiro atoms. The molecule has 1 saturated carbocycles. The van der Waals surface area contributed by atoms with Gasteiger partial charge in [0, 0.05) is 23.2 Å². The summed E-state index contributed by atoms with van der Waals surface area (Å²) >= 11 is 1.57. The molecule has 3 aromatic rings. The third-order valence-electron chi connectivity index (χ3n) is 4.45. The maximum atomic E-state index is 11.1. The largest absolute Gasteiger partial charge is 0.497 e. The second kappa shape index (κ2) is 17.4. The average Bonchev–Trinajstić information content (AvgIpc) is 3.47. The number of ether oxygens (including phenoxy) is 1. The van der Waals surface area contributed by atoms with Gasteiger partial charge in [0.15, 0.2) is 0 Å². The zero-order valence-corrected chi connectivity index (χ0v) is 24.3. The third-order valence-corrected chi connectivity index (χ3v) is 7.38. The molecule has 0 aliphatic heterocycles. The number of hydrogen-bond acceptors (Lipinski definition) is 7. The van der Waals surface area contributed by atoms with Gasteiger partial charge in [0.1, 0.15) is 22.1 Å². The number of sulfonamides is 1. The second-order valence-electron chi connectivity index (χ2n) is 7.89. The highest BCUT2D eigenvalue weighted by atomic mass is 32.2. The van der Waals surface area contributed by atoms with E-state index in [-0.39, 0.29) is 17.3 Å². The Bertz CT molecular complexity index is 1120. The molecule has 4 rings (SSSR count). The molecule has 8 nitrogen and oxygen atoms in total. The maximum absolute atomic E-state index is 11.1. The van der Waals surface area contributed by atoms with E-state index in [1.807, 2.05) is 43.5 Å². The lowest BCUT2D eigenvalue weighted by Gasteiger charge is -2.07. The molecule has 0 bridgehead atoms. The third kappa shape index (κ3) is 10.8. The van der Waals surface area contributed by atoms with Crippen molar-refractivity contribution in [3.63, 3.8) is 0 Å². The van der Waals surface area contributed by atoms with E-state index in [9.17, 15) is 8.42 Å². The predicted octanol–water partition coefficient (Wildman–Crippen LogP) is 6.54. The Morgan fingerprint density at radius 3 is 1.92 bits per heavy atom. The molecule has 1 N–H and O–H groups in total. The highest BCUT2D eigenvalue weighted by Gasteiger charge is 2.35. The van der Waals surface area contributed by atoms with E-state index in [2.05, 4.69) is 73.2 Å². The second-order valence-corrected chi connectivity index (χ2v) is 10.8. The molecule has 0 amide bonds. The first-order chi connectivity index (χ1) is 17.7. The summed E-state index contributed by atoms with van der Waals surface area (Å²) < 4.78 is 29.9. The van der Waals surface area contributed by atoms with E-state index >= 15 is 0 Å². The van der Waals surface area contributed by atoms with Crippen LogP contribution in [0.4, 0.5) is 0 Å². The van der Waals surface area contributed by atoms with Crippen LogP contribution in [0.2, 0.25) is 0 Å². The molecule has 1 aromatic carbocycles. The molecule has 1 fully saturated rings. The fourth-order valence-electron chi connectivity index (χ4n) is 2.78. The summed E-state index contributed by atoms with van der Waals surface area (Å²) in [4.78, 5) is 6.09.